The highest BCUT2D eigenvalue weighted by Crippen LogP contribution is 2.30. The van der Waals surface area contributed by atoms with Gasteiger partial charge in [0.2, 0.25) is 0 Å². The van der Waals surface area contributed by atoms with Gasteiger partial charge in [0.25, 0.3) is 0 Å². The number of hydrogen-bond donors (Lipinski definition) is 0. The zero-order chi connectivity index (χ0) is 13.1. The van der Waals surface area contributed by atoms with E-state index < -0.39 is 0 Å². The van der Waals surface area contributed by atoms with Crippen LogP contribution in [0.4, 0.5) is 0 Å². The maximum Gasteiger partial charge on any atom is 0.311 e. The Kier molecular flexibility index (Phi) is 4.57. The van der Waals surface area contributed by atoms with Crippen molar-refractivity contribution >= 4 is 21.9 Å². The quantitative estimate of drug-likeness (QED) is 0.629. The summed E-state index contributed by atoms with van der Waals surface area (Å²) in [5.74, 6) is 0.996. The number of hydrogen-bond acceptors (Lipinski definition) is 3. The zero-order valence-electron chi connectivity index (χ0n) is 10.5. The molecule has 17 heavy (non-hydrogen) atoms. The highest BCUT2D eigenvalue weighted by Gasteiger charge is 2.18. The standard InChI is InChI=1S/C13H17BrO3/c1-13(2,3)8-12(15)17-11-6-5-9(16-4)7-10(11)14/h5-7H,8H2,1-4H3. The van der Waals surface area contributed by atoms with Crippen LogP contribution in [-0.4, -0.2) is 13.1 Å². The third-order valence-corrected chi connectivity index (χ3v) is 2.66. The molecular formula is C13H17BrO3. The molecule has 0 fully saturated rings. The number of methoxy groups -OCH3 is 1. The summed E-state index contributed by atoms with van der Waals surface area (Å²) in [5, 5.41) is 0. The Morgan fingerprint density at radius 1 is 1.35 bits per heavy atom. The van der Waals surface area contributed by atoms with E-state index in [2.05, 4.69) is 15.9 Å². The summed E-state index contributed by atoms with van der Waals surface area (Å²) in [7, 11) is 1.59. The average molecular weight is 301 g/mol. The van der Waals surface area contributed by atoms with Crippen LogP contribution in [0.25, 0.3) is 0 Å². The van der Waals surface area contributed by atoms with E-state index in [4.69, 9.17) is 9.47 Å². The van der Waals surface area contributed by atoms with Crippen LogP contribution >= 0.6 is 15.9 Å². The average Bonchev–Trinajstić information content (AvgIpc) is 2.18. The molecule has 0 heterocycles. The molecule has 1 aromatic carbocycles. The Bertz CT molecular complexity index is 408. The lowest BCUT2D eigenvalue weighted by Gasteiger charge is -2.16. The second-order valence-corrected chi connectivity index (χ2v) is 5.86. The number of esters is 1. The van der Waals surface area contributed by atoms with Crippen molar-refractivity contribution in [3.05, 3.63) is 22.7 Å². The molecule has 0 saturated carbocycles. The highest BCUT2D eigenvalue weighted by atomic mass is 79.9. The summed E-state index contributed by atoms with van der Waals surface area (Å²) in [6.07, 6.45) is 0.380. The van der Waals surface area contributed by atoms with Gasteiger partial charge in [0.05, 0.1) is 18.0 Å². The highest BCUT2D eigenvalue weighted by molar-refractivity contribution is 9.10. The molecule has 0 radical (unpaired) electrons. The van der Waals surface area contributed by atoms with E-state index in [9.17, 15) is 4.79 Å². The Morgan fingerprint density at radius 2 is 2.00 bits per heavy atom. The van der Waals surface area contributed by atoms with Crippen LogP contribution < -0.4 is 9.47 Å². The fourth-order valence-corrected chi connectivity index (χ4v) is 1.72. The van der Waals surface area contributed by atoms with Gasteiger partial charge in [-0.3, -0.25) is 4.79 Å². The summed E-state index contributed by atoms with van der Waals surface area (Å²) in [6.45, 7) is 5.99. The minimum atomic E-state index is -0.233. The minimum Gasteiger partial charge on any atom is -0.497 e. The van der Waals surface area contributed by atoms with E-state index >= 15 is 0 Å². The molecular weight excluding hydrogens is 284 g/mol. The first-order valence-corrected chi connectivity index (χ1v) is 6.15. The third-order valence-electron chi connectivity index (χ3n) is 2.04. The van der Waals surface area contributed by atoms with Crippen LogP contribution in [-0.2, 0) is 4.79 Å². The molecule has 0 aliphatic rings. The van der Waals surface area contributed by atoms with Crippen LogP contribution in [0.3, 0.4) is 0 Å². The molecule has 0 unspecified atom stereocenters. The fraction of sp³-hybridized carbons (Fsp3) is 0.462. The first-order chi connectivity index (χ1) is 7.81. The Morgan fingerprint density at radius 3 is 2.47 bits per heavy atom. The minimum absolute atomic E-state index is 0.0734. The monoisotopic (exact) mass is 300 g/mol. The third kappa shape index (κ3) is 4.77. The van der Waals surface area contributed by atoms with Gasteiger partial charge >= 0.3 is 5.97 Å². The van der Waals surface area contributed by atoms with Gasteiger partial charge in [0, 0.05) is 0 Å². The summed E-state index contributed by atoms with van der Waals surface area (Å²) in [6, 6.07) is 5.23. The van der Waals surface area contributed by atoms with Gasteiger partial charge in [0.1, 0.15) is 11.5 Å². The number of ether oxygens (including phenoxy) is 2. The Hall–Kier alpha value is -1.03. The van der Waals surface area contributed by atoms with E-state index in [1.54, 1.807) is 25.3 Å². The van der Waals surface area contributed by atoms with Gasteiger partial charge in [0.15, 0.2) is 0 Å². The van der Waals surface area contributed by atoms with E-state index in [0.717, 1.165) is 0 Å². The number of carbonyl (C=O) groups excluding carboxylic acids is 1. The van der Waals surface area contributed by atoms with Crippen LogP contribution in [0.1, 0.15) is 27.2 Å². The van der Waals surface area contributed by atoms with Gasteiger partial charge in [-0.05, 0) is 39.5 Å². The molecule has 3 nitrogen and oxygen atoms in total. The molecule has 0 atom stereocenters. The molecule has 0 amide bonds. The molecule has 0 N–H and O–H groups in total. The molecule has 0 saturated heterocycles. The van der Waals surface area contributed by atoms with Crippen molar-refractivity contribution in [2.45, 2.75) is 27.2 Å². The lowest BCUT2D eigenvalue weighted by molar-refractivity contribution is -0.136. The summed E-state index contributed by atoms with van der Waals surface area (Å²) < 4.78 is 11.1. The first-order valence-electron chi connectivity index (χ1n) is 5.36. The van der Waals surface area contributed by atoms with Gasteiger partial charge in [-0.15, -0.1) is 0 Å². The number of rotatable bonds is 3. The second-order valence-electron chi connectivity index (χ2n) is 5.01. The molecule has 0 aliphatic carbocycles. The van der Waals surface area contributed by atoms with E-state index in [1.165, 1.54) is 0 Å². The SMILES string of the molecule is COc1ccc(OC(=O)CC(C)(C)C)c(Br)c1. The fourth-order valence-electron chi connectivity index (χ4n) is 1.28. The van der Waals surface area contributed by atoms with Crippen molar-refractivity contribution in [1.82, 2.24) is 0 Å². The number of carbonyl (C=O) groups is 1. The van der Waals surface area contributed by atoms with Gasteiger partial charge in [-0.1, -0.05) is 20.8 Å². The molecule has 0 spiro atoms. The van der Waals surface area contributed by atoms with Crippen LogP contribution in [0, 0.1) is 5.41 Å². The van der Waals surface area contributed by atoms with Crippen molar-refractivity contribution < 1.29 is 14.3 Å². The van der Waals surface area contributed by atoms with Gasteiger partial charge in [-0.25, -0.2) is 0 Å². The number of benzene rings is 1. The maximum atomic E-state index is 11.7. The second kappa shape index (κ2) is 5.54. The smallest absolute Gasteiger partial charge is 0.311 e. The van der Waals surface area contributed by atoms with Gasteiger partial charge in [-0.2, -0.15) is 0 Å². The van der Waals surface area contributed by atoms with Gasteiger partial charge < -0.3 is 9.47 Å². The zero-order valence-corrected chi connectivity index (χ0v) is 12.1. The molecule has 0 bridgehead atoms. The number of halogens is 1. The molecule has 0 aromatic heterocycles. The predicted octanol–water partition coefficient (Wildman–Crippen LogP) is 3.80. The Balaban J connectivity index is 2.72. The van der Waals surface area contributed by atoms with Crippen LogP contribution in [0.2, 0.25) is 0 Å². The van der Waals surface area contributed by atoms with Crippen molar-refractivity contribution in [2.24, 2.45) is 5.41 Å². The van der Waals surface area contributed by atoms with Crippen molar-refractivity contribution in [2.75, 3.05) is 7.11 Å². The predicted molar refractivity (Wildman–Crippen MR) is 70.4 cm³/mol. The lowest BCUT2D eigenvalue weighted by atomic mass is 9.92. The molecule has 94 valence electrons. The van der Waals surface area contributed by atoms with Crippen LogP contribution in [0.15, 0.2) is 22.7 Å². The van der Waals surface area contributed by atoms with Crippen LogP contribution in [0.5, 0.6) is 11.5 Å². The molecule has 0 aliphatic heterocycles. The lowest BCUT2D eigenvalue weighted by Crippen LogP contribution is -2.17. The summed E-state index contributed by atoms with van der Waals surface area (Å²) >= 11 is 3.34. The Labute approximate surface area is 110 Å². The van der Waals surface area contributed by atoms with E-state index in [-0.39, 0.29) is 11.4 Å². The largest absolute Gasteiger partial charge is 0.497 e. The van der Waals surface area contributed by atoms with E-state index in [0.29, 0.717) is 22.4 Å². The topological polar surface area (TPSA) is 35.5 Å². The molecule has 1 rings (SSSR count). The maximum absolute atomic E-state index is 11.7. The summed E-state index contributed by atoms with van der Waals surface area (Å²) in [5.41, 5.74) is -0.0734. The van der Waals surface area contributed by atoms with Crippen molar-refractivity contribution in [3.63, 3.8) is 0 Å². The first kappa shape index (κ1) is 14.0. The summed E-state index contributed by atoms with van der Waals surface area (Å²) in [4.78, 5) is 11.7. The molecule has 4 heteroatoms. The normalized spacial score (nSPS) is 11.1. The van der Waals surface area contributed by atoms with Crippen molar-refractivity contribution in [3.8, 4) is 11.5 Å². The van der Waals surface area contributed by atoms with E-state index in [1.807, 2.05) is 20.8 Å². The van der Waals surface area contributed by atoms with Crippen molar-refractivity contribution in [1.29, 1.82) is 0 Å². The molecule has 1 aromatic rings.